The maximum absolute atomic E-state index is 11.9. The van der Waals surface area contributed by atoms with Crippen molar-refractivity contribution in [1.29, 1.82) is 0 Å². The molecule has 0 spiro atoms. The predicted octanol–water partition coefficient (Wildman–Crippen LogP) is 2.32. The van der Waals surface area contributed by atoms with E-state index in [1.54, 1.807) is 0 Å². The van der Waals surface area contributed by atoms with Crippen LogP contribution in [-0.4, -0.2) is 39.0 Å². The van der Waals surface area contributed by atoms with Gasteiger partial charge in [0.25, 0.3) is 11.4 Å². The molecule has 0 saturated carbocycles. The number of ether oxygens (including phenoxy) is 2. The fourth-order valence-corrected chi connectivity index (χ4v) is 2.35. The number of benzene rings is 2. The Morgan fingerprint density at radius 3 is 1.69 bits per heavy atom. The molecule has 0 saturated heterocycles. The summed E-state index contributed by atoms with van der Waals surface area (Å²) in [5.41, 5.74) is 0.602. The van der Waals surface area contributed by atoms with Crippen LogP contribution in [0.2, 0.25) is 0 Å². The molecule has 1 amide bonds. The van der Waals surface area contributed by atoms with E-state index in [1.165, 1.54) is 48.5 Å². The number of amides is 1. The van der Waals surface area contributed by atoms with Crippen LogP contribution in [0, 0.1) is 20.2 Å². The van der Waals surface area contributed by atoms with Gasteiger partial charge in [-0.3, -0.25) is 25.0 Å². The standard InChI is InChI=1S/C19H17N3O10/c23-17(31-10-12-1-5-14(6-2-12)21(27)28)9-16(18(24)25)20-19(26)32-11-13-3-7-15(8-4-13)22(29)30/h1-8,16H,9-11H2,(H,20,26)(H,24,25)/t16-/m0/s1. The molecule has 0 heterocycles. The van der Waals surface area contributed by atoms with Crippen molar-refractivity contribution in [3.63, 3.8) is 0 Å². The van der Waals surface area contributed by atoms with Crippen LogP contribution in [0.15, 0.2) is 48.5 Å². The minimum atomic E-state index is -1.62. The first kappa shape index (κ1) is 23.7. The second-order valence-electron chi connectivity index (χ2n) is 6.32. The molecule has 2 N–H and O–H groups in total. The molecule has 0 fully saturated rings. The summed E-state index contributed by atoms with van der Waals surface area (Å²) in [7, 11) is 0. The summed E-state index contributed by atoms with van der Waals surface area (Å²) in [6, 6.07) is 8.78. The Bertz CT molecular complexity index is 930. The lowest BCUT2D eigenvalue weighted by molar-refractivity contribution is -0.385. The predicted molar refractivity (Wildman–Crippen MR) is 105 cm³/mol. The molecule has 0 radical (unpaired) electrons. The number of carbonyl (C=O) groups is 3. The van der Waals surface area contributed by atoms with Gasteiger partial charge < -0.3 is 19.9 Å². The number of esters is 1. The average Bonchev–Trinajstić information content (AvgIpc) is 2.76. The molecule has 0 aliphatic carbocycles. The number of carboxylic acids is 1. The summed E-state index contributed by atoms with van der Waals surface area (Å²) in [6.07, 6.45) is -1.80. The zero-order valence-electron chi connectivity index (χ0n) is 16.3. The van der Waals surface area contributed by atoms with Crippen LogP contribution >= 0.6 is 0 Å². The molecule has 13 nitrogen and oxygen atoms in total. The van der Waals surface area contributed by atoms with Crippen LogP contribution in [0.4, 0.5) is 16.2 Å². The highest BCUT2D eigenvalue weighted by molar-refractivity contribution is 5.85. The maximum Gasteiger partial charge on any atom is 0.408 e. The molecule has 2 aromatic rings. The second-order valence-corrected chi connectivity index (χ2v) is 6.32. The van der Waals surface area contributed by atoms with E-state index in [-0.39, 0.29) is 24.6 Å². The Morgan fingerprint density at radius 1 is 0.844 bits per heavy atom. The lowest BCUT2D eigenvalue weighted by Gasteiger charge is -2.14. The molecule has 2 rings (SSSR count). The van der Waals surface area contributed by atoms with Crippen LogP contribution in [0.1, 0.15) is 17.5 Å². The van der Waals surface area contributed by atoms with Crippen LogP contribution in [-0.2, 0) is 32.3 Å². The first-order chi connectivity index (χ1) is 15.2. The zero-order chi connectivity index (χ0) is 23.7. The number of alkyl carbamates (subject to hydrolysis) is 1. The van der Waals surface area contributed by atoms with Gasteiger partial charge in [-0.2, -0.15) is 0 Å². The third-order valence-corrected chi connectivity index (χ3v) is 4.03. The van der Waals surface area contributed by atoms with Gasteiger partial charge in [0.1, 0.15) is 19.3 Å². The maximum atomic E-state index is 11.9. The fraction of sp³-hybridized carbons (Fsp3) is 0.211. The number of hydrogen-bond donors (Lipinski definition) is 2. The van der Waals surface area contributed by atoms with Crippen molar-refractivity contribution in [2.75, 3.05) is 0 Å². The minimum Gasteiger partial charge on any atom is -0.480 e. The number of nitrogens with zero attached hydrogens (tertiary/aromatic N) is 2. The summed E-state index contributed by atoms with van der Waals surface area (Å²) in [4.78, 5) is 55.1. The largest absolute Gasteiger partial charge is 0.480 e. The molecule has 2 aromatic carbocycles. The molecule has 0 bridgehead atoms. The fourth-order valence-electron chi connectivity index (χ4n) is 2.35. The van der Waals surface area contributed by atoms with Crippen molar-refractivity contribution < 1.29 is 38.8 Å². The molecule has 1 atom stereocenters. The number of hydrogen-bond acceptors (Lipinski definition) is 9. The quantitative estimate of drug-likeness (QED) is 0.310. The third-order valence-electron chi connectivity index (χ3n) is 4.03. The Kier molecular flexibility index (Phi) is 8.16. The Hall–Kier alpha value is -4.55. The Balaban J connectivity index is 1.82. The highest BCUT2D eigenvalue weighted by atomic mass is 16.6. The number of nitro groups is 2. The van der Waals surface area contributed by atoms with Crippen molar-refractivity contribution >= 4 is 29.4 Å². The van der Waals surface area contributed by atoms with E-state index in [9.17, 15) is 39.7 Å². The molecule has 168 valence electrons. The van der Waals surface area contributed by atoms with Gasteiger partial charge in [0.15, 0.2) is 0 Å². The lowest BCUT2D eigenvalue weighted by Crippen LogP contribution is -2.42. The molecular formula is C19H17N3O10. The third kappa shape index (κ3) is 7.37. The van der Waals surface area contributed by atoms with E-state index < -0.39 is 40.3 Å². The van der Waals surface area contributed by atoms with E-state index in [2.05, 4.69) is 0 Å². The van der Waals surface area contributed by atoms with Crippen molar-refractivity contribution in [3.05, 3.63) is 79.9 Å². The van der Waals surface area contributed by atoms with Gasteiger partial charge in [-0.15, -0.1) is 0 Å². The number of nitrogens with one attached hydrogen (secondary N) is 1. The van der Waals surface area contributed by atoms with Crippen LogP contribution in [0.25, 0.3) is 0 Å². The molecule has 32 heavy (non-hydrogen) atoms. The van der Waals surface area contributed by atoms with Crippen molar-refractivity contribution in [2.45, 2.75) is 25.7 Å². The molecule has 0 aliphatic heterocycles. The van der Waals surface area contributed by atoms with Gasteiger partial charge >= 0.3 is 18.0 Å². The smallest absolute Gasteiger partial charge is 0.408 e. The van der Waals surface area contributed by atoms with E-state index in [0.717, 1.165) is 0 Å². The van der Waals surface area contributed by atoms with E-state index in [1.807, 2.05) is 5.32 Å². The summed E-state index contributed by atoms with van der Waals surface area (Å²) in [6.45, 7) is -0.519. The summed E-state index contributed by atoms with van der Waals surface area (Å²) < 4.78 is 9.79. The highest BCUT2D eigenvalue weighted by Gasteiger charge is 2.25. The van der Waals surface area contributed by atoms with Gasteiger partial charge in [0, 0.05) is 24.3 Å². The van der Waals surface area contributed by atoms with Gasteiger partial charge in [-0.05, 0) is 35.4 Å². The number of aliphatic carboxylic acids is 1. The molecule has 0 aromatic heterocycles. The van der Waals surface area contributed by atoms with Gasteiger partial charge in [-0.25, -0.2) is 9.59 Å². The number of nitro benzene ring substituents is 2. The van der Waals surface area contributed by atoms with Crippen LogP contribution in [0.3, 0.4) is 0 Å². The number of non-ortho nitro benzene ring substituents is 2. The normalized spacial score (nSPS) is 11.1. The second kappa shape index (κ2) is 11.0. The Morgan fingerprint density at radius 2 is 1.28 bits per heavy atom. The van der Waals surface area contributed by atoms with E-state index >= 15 is 0 Å². The Labute approximate surface area is 179 Å². The number of carbonyl (C=O) groups excluding carboxylic acids is 2. The molecule has 0 unspecified atom stereocenters. The molecule has 13 heteroatoms. The van der Waals surface area contributed by atoms with Gasteiger partial charge in [0.05, 0.1) is 16.3 Å². The average molecular weight is 447 g/mol. The summed E-state index contributed by atoms with van der Waals surface area (Å²) in [5, 5.41) is 32.4. The van der Waals surface area contributed by atoms with Crippen molar-refractivity contribution in [1.82, 2.24) is 5.32 Å². The first-order valence-corrected chi connectivity index (χ1v) is 8.94. The number of carboxylic acid groups (broad SMARTS) is 1. The first-order valence-electron chi connectivity index (χ1n) is 8.94. The van der Waals surface area contributed by atoms with E-state index in [4.69, 9.17) is 9.47 Å². The number of rotatable bonds is 10. The van der Waals surface area contributed by atoms with Crippen molar-refractivity contribution in [2.24, 2.45) is 0 Å². The van der Waals surface area contributed by atoms with Crippen LogP contribution < -0.4 is 5.32 Å². The monoisotopic (exact) mass is 447 g/mol. The topological polar surface area (TPSA) is 188 Å². The van der Waals surface area contributed by atoms with Gasteiger partial charge in [-0.1, -0.05) is 0 Å². The molecule has 0 aliphatic rings. The highest BCUT2D eigenvalue weighted by Crippen LogP contribution is 2.14. The van der Waals surface area contributed by atoms with E-state index in [0.29, 0.717) is 11.1 Å². The van der Waals surface area contributed by atoms with Gasteiger partial charge in [0.2, 0.25) is 0 Å². The molecular weight excluding hydrogens is 430 g/mol. The van der Waals surface area contributed by atoms with Crippen LogP contribution in [0.5, 0.6) is 0 Å². The SMILES string of the molecule is O=C(C[C@H](NC(=O)OCc1ccc([N+](=O)[O-])cc1)C(=O)O)OCc1ccc([N+](=O)[O-])cc1. The minimum absolute atomic E-state index is 0.137. The zero-order valence-corrected chi connectivity index (χ0v) is 16.3. The lowest BCUT2D eigenvalue weighted by atomic mass is 10.2. The van der Waals surface area contributed by atoms with Crippen molar-refractivity contribution in [3.8, 4) is 0 Å². The summed E-state index contributed by atoms with van der Waals surface area (Å²) >= 11 is 0. The summed E-state index contributed by atoms with van der Waals surface area (Å²) in [5.74, 6) is -2.42.